The lowest BCUT2D eigenvalue weighted by Gasteiger charge is -2.53. The van der Waals surface area contributed by atoms with Crippen molar-refractivity contribution in [2.75, 3.05) is 66.1 Å². The molecule has 8 fully saturated rings. The van der Waals surface area contributed by atoms with E-state index in [0.29, 0.717) is 0 Å². The lowest BCUT2D eigenvalue weighted by atomic mass is 9.87. The number of nitrogens with one attached hydrogen (secondary N) is 6. The fourth-order valence-corrected chi connectivity index (χ4v) is 16.3. The van der Waals surface area contributed by atoms with Gasteiger partial charge in [0.25, 0.3) is 11.6 Å². The van der Waals surface area contributed by atoms with Crippen LogP contribution in [0.15, 0.2) is 0 Å². The summed E-state index contributed by atoms with van der Waals surface area (Å²) >= 11 is 0. The van der Waals surface area contributed by atoms with Gasteiger partial charge in [0.1, 0.15) is 207 Å². The molecule has 0 saturated carbocycles. The summed E-state index contributed by atoms with van der Waals surface area (Å²) in [5.74, 6) is -17.8. The smallest absolute Gasteiger partial charge is 0.364 e. The molecule has 34 N–H and O–H groups in total. The van der Waals surface area contributed by atoms with Crippen LogP contribution >= 0.6 is 0 Å². The summed E-state index contributed by atoms with van der Waals surface area (Å²) in [7, 11) is 0. The minimum absolute atomic E-state index is 0.776. The third kappa shape index (κ3) is 25.1. The summed E-state index contributed by atoms with van der Waals surface area (Å²) < 4.78 is 96.8. The van der Waals surface area contributed by atoms with Crippen molar-refractivity contribution < 1.29 is 257 Å². The fraction of sp³-hybridized carbons (Fsp3) is 0.889. The highest BCUT2D eigenvalue weighted by Gasteiger charge is 2.66. The number of carboxylic acid groups (broad SMARTS) is 2. The summed E-state index contributed by atoms with van der Waals surface area (Å²) in [5, 5.41) is 327. The number of carboxylic acids is 2. The van der Waals surface area contributed by atoms with E-state index in [2.05, 4.69) is 31.9 Å². The lowest BCUT2D eigenvalue weighted by molar-refractivity contribution is -0.399. The number of aliphatic hydroxyl groups excluding tert-OH is 26. The third-order valence-corrected chi connectivity index (χ3v) is 22.7. The van der Waals surface area contributed by atoms with E-state index in [1.807, 2.05) is 0 Å². The molecular weight excluding hydrogens is 1780 g/mol. The summed E-state index contributed by atoms with van der Waals surface area (Å²) in [6.45, 7) is -7.81. The molecule has 46 atom stereocenters. The number of amides is 6. The summed E-state index contributed by atoms with van der Waals surface area (Å²) in [6.07, 6.45) is -91.7. The normalized spacial score (nSPS) is 42.1. The average molecular weight is 1900 g/mol. The molecule has 6 amide bonds. The molecule has 0 bridgehead atoms. The van der Waals surface area contributed by atoms with E-state index >= 15 is 0 Å². The number of ether oxygens (including phenoxy) is 16. The molecule has 0 radical (unpaired) electrons. The zero-order valence-corrected chi connectivity index (χ0v) is 70.2. The van der Waals surface area contributed by atoms with Gasteiger partial charge in [0.2, 0.25) is 35.4 Å². The molecule has 8 rings (SSSR count). The van der Waals surface area contributed by atoms with Gasteiger partial charge in [-0.25, -0.2) is 9.59 Å². The summed E-state index contributed by atoms with van der Waals surface area (Å²) in [6, 6.07) is -12.2. The highest BCUT2D eigenvalue weighted by Crippen LogP contribution is 2.44. The van der Waals surface area contributed by atoms with E-state index in [4.69, 9.17) is 75.8 Å². The molecule has 8 saturated heterocycles. The fourth-order valence-electron chi connectivity index (χ4n) is 16.3. The Balaban J connectivity index is 1.20. The first-order valence-corrected chi connectivity index (χ1v) is 40.8. The number of aliphatic hydroxyl groups is 26. The molecule has 8 aliphatic rings. The van der Waals surface area contributed by atoms with Crippen LogP contribution in [0.5, 0.6) is 0 Å². The van der Waals surface area contributed by atoms with Gasteiger partial charge in [0.15, 0.2) is 37.7 Å². The van der Waals surface area contributed by atoms with Crippen LogP contribution in [0.1, 0.15) is 54.4 Å². The van der Waals surface area contributed by atoms with Crippen LogP contribution in [0, 0.1) is 0 Å². The van der Waals surface area contributed by atoms with Gasteiger partial charge in [-0.05, 0) is 0 Å². The van der Waals surface area contributed by atoms with Crippen molar-refractivity contribution in [3.05, 3.63) is 0 Å². The predicted molar refractivity (Wildman–Crippen MR) is 403 cm³/mol. The molecule has 8 heterocycles. The second-order valence-corrected chi connectivity index (χ2v) is 32.3. The van der Waals surface area contributed by atoms with Crippen LogP contribution in [0.2, 0.25) is 0 Å². The standard InChI is InChI=1S/C72H120N6O52/c1-19(88)73-37-25(94)7-71(69(111)112,127-58(37)44(101)28(97)10-80)129-60-42(78-24(6)93)66(119-34(16-86)56(60)124-64-39(75-21(3)90)49(106)46(103)31(13-83)116-64)126-61-48(105)36(121-67(52(61)109)122-54(30(99)12-82)43(100)27(96)9-79)18-115-63-41(77-23(5)92)51(108)55(33(15-85)118-63)123-68-53(110)62(57(35(17-87)120-68)125-65-40(76-22(4)91)50(107)47(104)32(14-84)117-65)130-72(70(113)114)8-26(95)38(74-20(2)89)59(128-72)45(102)29(98)11-81/h25-68,79-87,94-110H,7-18H2,1-6H3,(H,73,88)(H,74,89)(H,75,90)(H,76,91)(H,77,92)(H,78,93)(H,111,112)(H,113,114)/t25-,26-,27-,28+,29+,30+,31+,32+,33+,34+,35+,36+,37+,38+,39+,40+,41+,42+,43+,44+,45+,46-,47-,48-,49+,50+,51+,52+,53+,54+,55+,56+,57-,58+,59+,60+,61-,62+,63+,64-,65-,66-,67-,68-,71-,72-/m0/s1. The first kappa shape index (κ1) is 109. The van der Waals surface area contributed by atoms with Crippen molar-refractivity contribution in [3.63, 3.8) is 0 Å². The van der Waals surface area contributed by atoms with Gasteiger partial charge in [-0.2, -0.15) is 0 Å². The Labute approximate surface area is 735 Å². The van der Waals surface area contributed by atoms with E-state index < -0.39 is 407 Å². The van der Waals surface area contributed by atoms with Gasteiger partial charge in [-0.15, -0.1) is 0 Å². The average Bonchev–Trinajstić information content (AvgIpc) is 0.743. The topological polar surface area (TPSA) is 923 Å². The maximum atomic E-state index is 14.1. The van der Waals surface area contributed by atoms with Crippen LogP contribution in [-0.2, 0) is 114 Å². The van der Waals surface area contributed by atoms with Gasteiger partial charge < -0.3 is 251 Å². The molecule has 0 aromatic rings. The molecule has 130 heavy (non-hydrogen) atoms. The minimum Gasteiger partial charge on any atom is -0.477 e. The Morgan fingerprint density at radius 2 is 0.654 bits per heavy atom. The second-order valence-electron chi connectivity index (χ2n) is 32.3. The highest BCUT2D eigenvalue weighted by atomic mass is 16.8. The molecule has 58 heteroatoms. The number of rotatable bonds is 41. The number of hydrogen-bond donors (Lipinski definition) is 34. The van der Waals surface area contributed by atoms with Crippen LogP contribution in [0.25, 0.3) is 0 Å². The number of aliphatic carboxylic acids is 2. The van der Waals surface area contributed by atoms with E-state index in [-0.39, 0.29) is 0 Å². The van der Waals surface area contributed by atoms with Gasteiger partial charge in [0.05, 0.1) is 90.4 Å². The van der Waals surface area contributed by atoms with Crippen LogP contribution in [-0.4, -0.2) is 537 Å². The SMILES string of the molecule is CC(=O)N[C@H]1[C@H](OC[C@H]2O[C@@H](O[C@@H]([C@H](O)[C@@H](O)CO)[C@H](O)CO)[C@H](O)[C@@H](O[C@@H]3O[C@H](CO)[C@@H](O[C@@H]4O[C@H](CO)[C@H](O)[C@H](O)[C@H]4NC(C)=O)[C@H](O[C@]4(C(=O)O)C[C@H](O)[C@@H](NC(C)=O)[C@H]([C@H](O)[C@H](O)CO)O4)[C@H]3NC(C)=O)[C@H]2O)O[C@H](CO)[C@@H](O[C@@H]2O[C@H](CO)[C@H](O[C@@H]3O[C@H](CO)[C@H](O)[C@H](O)[C@H]3NC(C)=O)[C@H](O[C@]3(C(=O)O)C[C@H](O)[C@@H](NC(C)=O)[C@H]([C@H](O)[C@H](O)CO)O3)[C@H]2O)[C@@H]1O. The van der Waals surface area contributed by atoms with Crippen LogP contribution in [0.4, 0.5) is 0 Å². The Morgan fingerprint density at radius 1 is 0.331 bits per heavy atom. The highest BCUT2D eigenvalue weighted by molar-refractivity contribution is 5.78. The number of carbonyl (C=O) groups excluding carboxylic acids is 6. The van der Waals surface area contributed by atoms with E-state index in [1.165, 1.54) is 0 Å². The second kappa shape index (κ2) is 47.7. The Hall–Kier alpha value is -5.92. The van der Waals surface area contributed by atoms with Crippen LogP contribution in [0.3, 0.4) is 0 Å². The van der Waals surface area contributed by atoms with Gasteiger partial charge in [-0.1, -0.05) is 0 Å². The van der Waals surface area contributed by atoms with E-state index in [9.17, 15) is 181 Å². The Bertz CT molecular complexity index is 3660. The molecule has 0 aromatic heterocycles. The largest absolute Gasteiger partial charge is 0.477 e. The molecule has 0 spiro atoms. The van der Waals surface area contributed by atoms with E-state index in [1.54, 1.807) is 0 Å². The monoisotopic (exact) mass is 1900 g/mol. The molecule has 8 aliphatic heterocycles. The van der Waals surface area contributed by atoms with Crippen molar-refractivity contribution in [3.8, 4) is 0 Å². The Kier molecular flexibility index (Phi) is 40.1. The van der Waals surface area contributed by atoms with Gasteiger partial charge in [0, 0.05) is 54.4 Å². The maximum absolute atomic E-state index is 14.1. The minimum atomic E-state index is -3.57. The lowest BCUT2D eigenvalue weighted by Crippen LogP contribution is -2.73. The van der Waals surface area contributed by atoms with Gasteiger partial charge >= 0.3 is 11.9 Å². The van der Waals surface area contributed by atoms with Crippen molar-refractivity contribution in [2.45, 2.75) is 335 Å². The third-order valence-electron chi connectivity index (χ3n) is 22.7. The van der Waals surface area contributed by atoms with Crippen molar-refractivity contribution in [1.82, 2.24) is 31.9 Å². The summed E-state index contributed by atoms with van der Waals surface area (Å²) in [4.78, 5) is 106. The van der Waals surface area contributed by atoms with Crippen molar-refractivity contribution in [1.29, 1.82) is 0 Å². The quantitative estimate of drug-likeness (QED) is 0.0270. The summed E-state index contributed by atoms with van der Waals surface area (Å²) in [5.41, 5.74) is 0. The predicted octanol–water partition coefficient (Wildman–Crippen LogP) is -21.7. The Morgan fingerprint density at radius 3 is 1.05 bits per heavy atom. The number of hydrogen-bond acceptors (Lipinski definition) is 50. The molecule has 58 nitrogen and oxygen atoms in total. The molecule has 750 valence electrons. The van der Waals surface area contributed by atoms with Crippen molar-refractivity contribution >= 4 is 47.4 Å². The first-order valence-electron chi connectivity index (χ1n) is 40.8. The number of carbonyl (C=O) groups is 8. The maximum Gasteiger partial charge on any atom is 0.364 e. The molecule has 0 unspecified atom stereocenters. The van der Waals surface area contributed by atoms with E-state index in [0.717, 1.165) is 41.5 Å². The zero-order chi connectivity index (χ0) is 97.1. The zero-order valence-electron chi connectivity index (χ0n) is 70.2. The molecule has 0 aromatic carbocycles. The van der Waals surface area contributed by atoms with Crippen LogP contribution < -0.4 is 31.9 Å². The van der Waals surface area contributed by atoms with Crippen molar-refractivity contribution in [2.24, 2.45) is 0 Å². The molecular formula is C72H120N6O52. The first-order chi connectivity index (χ1) is 61.1. The van der Waals surface area contributed by atoms with Gasteiger partial charge in [-0.3, -0.25) is 28.8 Å². The molecule has 0 aliphatic carbocycles.